The van der Waals surface area contributed by atoms with Crippen molar-refractivity contribution in [2.24, 2.45) is 0 Å². The van der Waals surface area contributed by atoms with E-state index in [1.165, 1.54) is 22.9 Å². The van der Waals surface area contributed by atoms with Crippen LogP contribution in [-0.2, 0) is 0 Å². The molecule has 1 aromatic heterocycles. The average Bonchev–Trinajstić information content (AvgIpc) is 2.72. The molecule has 0 bridgehead atoms. The quantitative estimate of drug-likeness (QED) is 0.396. The molecule has 2 nitrogen and oxygen atoms in total. The van der Waals surface area contributed by atoms with Crippen molar-refractivity contribution in [3.8, 4) is 0 Å². The van der Waals surface area contributed by atoms with Gasteiger partial charge < -0.3 is 5.41 Å². The topological polar surface area (TPSA) is 36.7 Å². The first-order valence-corrected chi connectivity index (χ1v) is 9.50. The summed E-state index contributed by atoms with van der Waals surface area (Å²) in [5.41, 5.74) is 7.55. The number of nitrogens with zero attached hydrogens (tertiary/aromatic N) is 1. The molecule has 0 radical (unpaired) electrons. The zero-order chi connectivity index (χ0) is 20.4. The van der Waals surface area contributed by atoms with Crippen LogP contribution in [0.3, 0.4) is 0 Å². The Bertz CT molecular complexity index is 924. The molecule has 0 unspecified atom stereocenters. The van der Waals surface area contributed by atoms with Crippen LogP contribution < -0.4 is 0 Å². The molecule has 28 heavy (non-hydrogen) atoms. The highest BCUT2D eigenvalue weighted by molar-refractivity contribution is 5.90. The van der Waals surface area contributed by atoms with E-state index in [-0.39, 0.29) is 0 Å². The highest BCUT2D eigenvalue weighted by Gasteiger charge is 2.05. The first kappa shape index (κ1) is 21.0. The van der Waals surface area contributed by atoms with Crippen molar-refractivity contribution >= 4 is 17.4 Å². The van der Waals surface area contributed by atoms with Gasteiger partial charge in [0.2, 0.25) is 0 Å². The molecule has 1 heterocycles. The van der Waals surface area contributed by atoms with Gasteiger partial charge in [-0.2, -0.15) is 0 Å². The molecule has 0 aliphatic carbocycles. The molecule has 0 aliphatic rings. The number of nitrogens with one attached hydrogen (secondary N) is 1. The zero-order valence-electron chi connectivity index (χ0n) is 16.9. The van der Waals surface area contributed by atoms with Crippen LogP contribution in [0, 0.1) is 12.3 Å². The Labute approximate surface area is 168 Å². The minimum Gasteiger partial charge on any atom is -0.308 e. The second-order valence-electron chi connectivity index (χ2n) is 6.60. The third-order valence-corrected chi connectivity index (χ3v) is 4.40. The van der Waals surface area contributed by atoms with Crippen LogP contribution in [0.1, 0.15) is 37.0 Å². The summed E-state index contributed by atoms with van der Waals surface area (Å²) in [6.07, 6.45) is 16.1. The van der Waals surface area contributed by atoms with Crippen molar-refractivity contribution in [3.63, 3.8) is 0 Å². The lowest BCUT2D eigenvalue weighted by atomic mass is 9.95. The smallest absolute Gasteiger partial charge is 0.0346 e. The Morgan fingerprint density at radius 2 is 1.82 bits per heavy atom. The van der Waals surface area contributed by atoms with Gasteiger partial charge in [-0.1, -0.05) is 73.7 Å². The van der Waals surface area contributed by atoms with Crippen molar-refractivity contribution < 1.29 is 0 Å². The second kappa shape index (κ2) is 10.8. The molecule has 0 atom stereocenters. The highest BCUT2D eigenvalue weighted by Crippen LogP contribution is 2.26. The molecular weight excluding hydrogens is 340 g/mol. The van der Waals surface area contributed by atoms with Crippen molar-refractivity contribution in [3.05, 3.63) is 114 Å². The molecule has 0 spiro atoms. The summed E-state index contributed by atoms with van der Waals surface area (Å²) >= 11 is 0. The Balaban J connectivity index is 2.61. The zero-order valence-corrected chi connectivity index (χ0v) is 16.9. The van der Waals surface area contributed by atoms with Gasteiger partial charge in [-0.25, -0.2) is 0 Å². The van der Waals surface area contributed by atoms with E-state index in [0.29, 0.717) is 0 Å². The molecule has 0 saturated heterocycles. The van der Waals surface area contributed by atoms with Gasteiger partial charge in [0, 0.05) is 24.2 Å². The van der Waals surface area contributed by atoms with Crippen LogP contribution in [0.2, 0.25) is 0 Å². The first-order chi connectivity index (χ1) is 13.6. The summed E-state index contributed by atoms with van der Waals surface area (Å²) in [5.74, 6) is 0. The number of benzene rings is 1. The standard InChI is InChI=1S/C26H28N2/c1-5-8-23(22-13-11-20(3)12-14-22)17-26(25-10-7-15-28-19-25)16-21(4)24(18-27)9-6-2/h6-19,27H,2,5H2,1,3-4H3/b21-16+,23-8-,24-9+,26-17+,27-18?. The van der Waals surface area contributed by atoms with Gasteiger partial charge in [-0.15, -0.1) is 0 Å². The first-order valence-electron chi connectivity index (χ1n) is 9.50. The van der Waals surface area contributed by atoms with Crippen molar-refractivity contribution in [2.75, 3.05) is 0 Å². The number of hydrogen-bond acceptors (Lipinski definition) is 2. The third-order valence-electron chi connectivity index (χ3n) is 4.40. The molecule has 142 valence electrons. The second-order valence-corrected chi connectivity index (χ2v) is 6.60. The van der Waals surface area contributed by atoms with E-state index in [0.717, 1.165) is 28.7 Å². The number of hydrogen-bond donors (Lipinski definition) is 1. The maximum absolute atomic E-state index is 7.68. The lowest BCUT2D eigenvalue weighted by molar-refractivity contribution is 1.23. The number of pyridine rings is 1. The lowest BCUT2D eigenvalue weighted by Gasteiger charge is -2.10. The SMILES string of the molecule is C=C/C=C(C=N)/C(C)=C/C(=C\C(=C\CC)c1ccc(C)cc1)c1cccnc1. The normalized spacial score (nSPS) is 13.4. The number of allylic oxidation sites excluding steroid dienone is 9. The summed E-state index contributed by atoms with van der Waals surface area (Å²) in [5, 5.41) is 7.68. The molecule has 1 N–H and O–H groups in total. The molecule has 2 rings (SSSR count). The summed E-state index contributed by atoms with van der Waals surface area (Å²) in [6.45, 7) is 10.0. The van der Waals surface area contributed by atoms with Gasteiger partial charge in [-0.05, 0) is 60.3 Å². The van der Waals surface area contributed by atoms with Gasteiger partial charge in [0.15, 0.2) is 0 Å². The number of rotatable bonds is 8. The van der Waals surface area contributed by atoms with E-state index < -0.39 is 0 Å². The summed E-state index contributed by atoms with van der Waals surface area (Å²) in [7, 11) is 0. The lowest BCUT2D eigenvalue weighted by Crippen LogP contribution is -1.91. The number of aryl methyl sites for hydroxylation is 1. The van der Waals surface area contributed by atoms with Crippen LogP contribution >= 0.6 is 0 Å². The Morgan fingerprint density at radius 1 is 1.07 bits per heavy atom. The highest BCUT2D eigenvalue weighted by atomic mass is 14.6. The molecule has 2 heteroatoms. The third kappa shape index (κ3) is 5.88. The van der Waals surface area contributed by atoms with Crippen LogP contribution in [0.25, 0.3) is 11.1 Å². The Morgan fingerprint density at radius 3 is 2.39 bits per heavy atom. The van der Waals surface area contributed by atoms with Gasteiger partial charge in [0.1, 0.15) is 0 Å². The van der Waals surface area contributed by atoms with E-state index in [9.17, 15) is 0 Å². The van der Waals surface area contributed by atoms with Gasteiger partial charge in [0.25, 0.3) is 0 Å². The summed E-state index contributed by atoms with van der Waals surface area (Å²) < 4.78 is 0. The Kier molecular flexibility index (Phi) is 8.11. The van der Waals surface area contributed by atoms with Crippen LogP contribution in [0.4, 0.5) is 0 Å². The van der Waals surface area contributed by atoms with Gasteiger partial charge in [-0.3, -0.25) is 4.98 Å². The van der Waals surface area contributed by atoms with Crippen LogP contribution in [-0.4, -0.2) is 11.2 Å². The average molecular weight is 369 g/mol. The molecule has 2 aromatic rings. The fourth-order valence-corrected chi connectivity index (χ4v) is 2.87. The largest absolute Gasteiger partial charge is 0.308 e. The van der Waals surface area contributed by atoms with E-state index in [1.807, 2.05) is 25.3 Å². The minimum atomic E-state index is 0.834. The molecule has 0 fully saturated rings. The summed E-state index contributed by atoms with van der Waals surface area (Å²) in [6, 6.07) is 12.6. The van der Waals surface area contributed by atoms with Crippen LogP contribution in [0.5, 0.6) is 0 Å². The predicted octanol–water partition coefficient (Wildman–Crippen LogP) is 6.98. The summed E-state index contributed by atoms with van der Waals surface area (Å²) in [4.78, 5) is 4.29. The maximum Gasteiger partial charge on any atom is 0.0346 e. The van der Waals surface area contributed by atoms with Gasteiger partial charge >= 0.3 is 0 Å². The molecule has 0 amide bonds. The van der Waals surface area contributed by atoms with E-state index in [2.05, 4.69) is 74.0 Å². The van der Waals surface area contributed by atoms with Crippen molar-refractivity contribution in [1.29, 1.82) is 5.41 Å². The van der Waals surface area contributed by atoms with Gasteiger partial charge in [0.05, 0.1) is 0 Å². The molecule has 0 saturated carbocycles. The number of aromatic nitrogens is 1. The van der Waals surface area contributed by atoms with Crippen LogP contribution in [0.15, 0.2) is 96.9 Å². The minimum absolute atomic E-state index is 0.834. The molecule has 1 aromatic carbocycles. The molecular formula is C26H28N2. The Hall–Kier alpha value is -3.26. The van der Waals surface area contributed by atoms with Crippen molar-refractivity contribution in [1.82, 2.24) is 4.98 Å². The van der Waals surface area contributed by atoms with E-state index in [4.69, 9.17) is 5.41 Å². The predicted molar refractivity (Wildman–Crippen MR) is 122 cm³/mol. The van der Waals surface area contributed by atoms with E-state index >= 15 is 0 Å². The van der Waals surface area contributed by atoms with E-state index in [1.54, 1.807) is 12.3 Å². The fraction of sp³-hybridized carbons (Fsp3) is 0.154. The fourth-order valence-electron chi connectivity index (χ4n) is 2.87. The molecule has 0 aliphatic heterocycles. The maximum atomic E-state index is 7.68. The van der Waals surface area contributed by atoms with Crippen molar-refractivity contribution in [2.45, 2.75) is 27.2 Å². The monoisotopic (exact) mass is 368 g/mol.